The number of aromatic nitrogens is 3. The van der Waals surface area contributed by atoms with Gasteiger partial charge >= 0.3 is 7.82 Å². The van der Waals surface area contributed by atoms with Gasteiger partial charge in [-0.05, 0) is 23.8 Å². The summed E-state index contributed by atoms with van der Waals surface area (Å²) in [6.07, 6.45) is 6.27. The maximum atomic E-state index is 13.1. The van der Waals surface area contributed by atoms with Crippen molar-refractivity contribution in [2.75, 3.05) is 6.73 Å². The molecule has 4 N–H and O–H groups in total. The first-order valence-electron chi connectivity index (χ1n) is 10.0. The molecule has 11 nitrogen and oxygen atoms in total. The summed E-state index contributed by atoms with van der Waals surface area (Å²) in [5.41, 5.74) is 8.70. The number of nitrogens with two attached hydrogens (primary N) is 1. The maximum absolute atomic E-state index is 13.1. The number of phosphoric ester groups is 1. The summed E-state index contributed by atoms with van der Waals surface area (Å²) in [6.45, 7) is -0.299. The lowest BCUT2D eigenvalue weighted by Crippen LogP contribution is -2.41. The number of allylic oxidation sites excluding steroid dienone is 2. The van der Waals surface area contributed by atoms with E-state index in [9.17, 15) is 8.96 Å². The summed E-state index contributed by atoms with van der Waals surface area (Å²) in [5.74, 6) is 0.224. The molecular weight excluding hydrogens is 468 g/mol. The summed E-state index contributed by atoms with van der Waals surface area (Å²) >= 11 is 0. The Bertz CT molecular complexity index is 1240. The number of nitrogens with zero attached hydrogens (tertiary/aromatic N) is 4. The van der Waals surface area contributed by atoms with Crippen molar-refractivity contribution in [3.05, 3.63) is 89.6 Å². The number of halogens is 1. The van der Waals surface area contributed by atoms with Gasteiger partial charge in [0, 0.05) is 36.5 Å². The van der Waals surface area contributed by atoms with Gasteiger partial charge in [0.1, 0.15) is 19.5 Å². The van der Waals surface area contributed by atoms with E-state index in [1.54, 1.807) is 48.8 Å². The van der Waals surface area contributed by atoms with Gasteiger partial charge in [-0.3, -0.25) is 4.52 Å². The Labute approximate surface area is 193 Å². The Hall–Kier alpha value is -3.41. The van der Waals surface area contributed by atoms with Gasteiger partial charge in [0.2, 0.25) is 11.8 Å². The van der Waals surface area contributed by atoms with E-state index in [4.69, 9.17) is 24.8 Å². The van der Waals surface area contributed by atoms with E-state index in [0.29, 0.717) is 35.0 Å². The number of hydrogen-bond acceptors (Lipinski definition) is 9. The largest absolute Gasteiger partial charge is 0.471 e. The van der Waals surface area contributed by atoms with Crippen LogP contribution in [0.2, 0.25) is 0 Å². The lowest BCUT2D eigenvalue weighted by Gasteiger charge is -2.30. The average molecular weight is 489 g/mol. The molecule has 0 bridgehead atoms. The zero-order valence-corrected chi connectivity index (χ0v) is 18.6. The lowest BCUT2D eigenvalue weighted by molar-refractivity contribution is 0.110. The summed E-state index contributed by atoms with van der Waals surface area (Å²) in [7, 11) is -4.63. The van der Waals surface area contributed by atoms with E-state index >= 15 is 0 Å². The normalized spacial score (nSPS) is 15.9. The van der Waals surface area contributed by atoms with Crippen LogP contribution in [-0.2, 0) is 22.1 Å². The number of phosphoric acid groups is 1. The standard InChI is InChI=1S/C21H21FN5O6P/c22-19-5-1-3-15(25-19)12-31-20-7-6-14(11-24-20)9-16-10-18(33-26-16)17-4-2-8-27(21(17)23)13-32-34(28,29)30/h1-8,10-11,21H,9,12-13,23H2,(H2,28,29,30). The van der Waals surface area contributed by atoms with Crippen LogP contribution in [0.1, 0.15) is 22.7 Å². The van der Waals surface area contributed by atoms with Crippen LogP contribution in [0.5, 0.6) is 5.88 Å². The molecule has 1 aliphatic rings. The molecule has 1 aliphatic heterocycles. The molecule has 3 aromatic heterocycles. The highest BCUT2D eigenvalue weighted by molar-refractivity contribution is 7.46. The Balaban J connectivity index is 1.35. The second kappa shape index (κ2) is 10.2. The van der Waals surface area contributed by atoms with Crippen LogP contribution >= 0.6 is 7.82 Å². The molecule has 0 saturated carbocycles. The Morgan fingerprint density at radius 1 is 1.24 bits per heavy atom. The van der Waals surface area contributed by atoms with Crippen molar-refractivity contribution in [3.63, 3.8) is 0 Å². The Morgan fingerprint density at radius 2 is 2.09 bits per heavy atom. The molecule has 0 spiro atoms. The quantitative estimate of drug-likeness (QED) is 0.299. The maximum Gasteiger partial charge on any atom is 0.471 e. The van der Waals surface area contributed by atoms with Crippen molar-refractivity contribution in [1.29, 1.82) is 0 Å². The predicted octanol–water partition coefficient (Wildman–Crippen LogP) is 2.34. The molecule has 4 heterocycles. The van der Waals surface area contributed by atoms with Crippen LogP contribution in [0.4, 0.5) is 4.39 Å². The summed E-state index contributed by atoms with van der Waals surface area (Å²) < 4.78 is 39.6. The van der Waals surface area contributed by atoms with Crippen molar-refractivity contribution in [3.8, 4) is 5.88 Å². The first kappa shape index (κ1) is 23.7. The van der Waals surface area contributed by atoms with E-state index < -0.39 is 26.7 Å². The monoisotopic (exact) mass is 489 g/mol. The average Bonchev–Trinajstić information content (AvgIpc) is 3.25. The van der Waals surface area contributed by atoms with Crippen LogP contribution in [0, 0.1) is 5.95 Å². The molecule has 13 heteroatoms. The first-order valence-corrected chi connectivity index (χ1v) is 11.5. The summed E-state index contributed by atoms with van der Waals surface area (Å²) in [6, 6.07) is 9.73. The van der Waals surface area contributed by atoms with Gasteiger partial charge in [-0.25, -0.2) is 14.5 Å². The first-order chi connectivity index (χ1) is 16.3. The minimum atomic E-state index is -4.63. The molecule has 1 atom stereocenters. The molecular formula is C21H21FN5O6P. The topological polar surface area (TPSA) is 157 Å². The van der Waals surface area contributed by atoms with Crippen molar-refractivity contribution in [1.82, 2.24) is 20.0 Å². The van der Waals surface area contributed by atoms with Crippen LogP contribution in [-0.4, -0.2) is 42.7 Å². The SMILES string of the molecule is NC1C(c2cc(Cc3ccc(OCc4cccc(F)n4)nc3)no2)=CC=CN1COP(=O)(O)O. The van der Waals surface area contributed by atoms with E-state index in [2.05, 4.69) is 19.6 Å². The van der Waals surface area contributed by atoms with E-state index in [0.717, 1.165) is 5.56 Å². The second-order valence-electron chi connectivity index (χ2n) is 7.28. The predicted molar refractivity (Wildman–Crippen MR) is 117 cm³/mol. The van der Waals surface area contributed by atoms with Gasteiger partial charge in [-0.1, -0.05) is 23.4 Å². The van der Waals surface area contributed by atoms with Gasteiger partial charge in [0.05, 0.1) is 11.4 Å². The van der Waals surface area contributed by atoms with E-state index in [-0.39, 0.29) is 6.61 Å². The third kappa shape index (κ3) is 6.34. The fourth-order valence-corrected chi connectivity index (χ4v) is 3.42. The highest BCUT2D eigenvalue weighted by Gasteiger charge is 2.25. The van der Waals surface area contributed by atoms with Crippen molar-refractivity contribution in [2.45, 2.75) is 19.2 Å². The van der Waals surface area contributed by atoms with Crippen molar-refractivity contribution < 1.29 is 32.5 Å². The molecule has 1 unspecified atom stereocenters. The second-order valence-corrected chi connectivity index (χ2v) is 8.52. The molecule has 0 amide bonds. The van der Waals surface area contributed by atoms with Crippen molar-refractivity contribution >= 4 is 13.4 Å². The van der Waals surface area contributed by atoms with Crippen molar-refractivity contribution in [2.24, 2.45) is 5.73 Å². The molecule has 178 valence electrons. The molecule has 3 aromatic rings. The molecule has 0 fully saturated rings. The third-order valence-electron chi connectivity index (χ3n) is 4.77. The number of ether oxygens (including phenoxy) is 1. The van der Waals surface area contributed by atoms with Gasteiger partial charge in [-0.2, -0.15) is 4.39 Å². The van der Waals surface area contributed by atoms with Crippen LogP contribution in [0.15, 0.2) is 65.5 Å². The zero-order chi connectivity index (χ0) is 24.1. The zero-order valence-electron chi connectivity index (χ0n) is 17.7. The highest BCUT2D eigenvalue weighted by atomic mass is 31.2. The van der Waals surface area contributed by atoms with Crippen LogP contribution in [0.25, 0.3) is 5.57 Å². The Morgan fingerprint density at radius 3 is 2.82 bits per heavy atom. The lowest BCUT2D eigenvalue weighted by atomic mass is 10.1. The number of hydrogen-bond donors (Lipinski definition) is 3. The van der Waals surface area contributed by atoms with Gasteiger partial charge in [-0.15, -0.1) is 0 Å². The van der Waals surface area contributed by atoms with Crippen LogP contribution in [0.3, 0.4) is 0 Å². The summed E-state index contributed by atoms with van der Waals surface area (Å²) in [5, 5.41) is 4.07. The fraction of sp³-hybridized carbons (Fsp3) is 0.190. The molecule has 0 aliphatic carbocycles. The van der Waals surface area contributed by atoms with Gasteiger partial charge < -0.3 is 29.7 Å². The van der Waals surface area contributed by atoms with E-state index in [1.165, 1.54) is 11.0 Å². The molecule has 0 aromatic carbocycles. The molecule has 34 heavy (non-hydrogen) atoms. The smallest absolute Gasteiger partial charge is 0.471 e. The molecule has 0 saturated heterocycles. The van der Waals surface area contributed by atoms with Gasteiger partial charge in [0.25, 0.3) is 0 Å². The number of rotatable bonds is 9. The van der Waals surface area contributed by atoms with Crippen LogP contribution < -0.4 is 10.5 Å². The van der Waals surface area contributed by atoms with E-state index in [1.807, 2.05) is 6.07 Å². The highest BCUT2D eigenvalue weighted by Crippen LogP contribution is 2.36. The molecule has 0 radical (unpaired) electrons. The minimum Gasteiger partial charge on any atom is -0.471 e. The third-order valence-corrected chi connectivity index (χ3v) is 5.22. The minimum absolute atomic E-state index is 0.0940. The summed E-state index contributed by atoms with van der Waals surface area (Å²) in [4.78, 5) is 27.2. The Kier molecular flexibility index (Phi) is 7.15. The van der Waals surface area contributed by atoms with Gasteiger partial charge in [0.15, 0.2) is 5.76 Å². The molecule has 4 rings (SSSR count). The number of pyridine rings is 2. The fourth-order valence-electron chi connectivity index (χ4n) is 3.14.